The summed E-state index contributed by atoms with van der Waals surface area (Å²) in [4.78, 5) is 4.34. The van der Waals surface area contributed by atoms with E-state index in [1.165, 1.54) is 17.3 Å². The Morgan fingerprint density at radius 3 is 2.70 bits per heavy atom. The molecular formula is C15H12F2N2S. The van der Waals surface area contributed by atoms with Crippen LogP contribution in [-0.4, -0.2) is 11.7 Å². The first-order valence-electron chi connectivity index (χ1n) is 6.20. The molecule has 5 heteroatoms. The Labute approximate surface area is 119 Å². The zero-order valence-electron chi connectivity index (χ0n) is 10.5. The number of halogens is 2. The molecule has 2 aromatic carbocycles. The normalized spacial score (nSPS) is 17.9. The van der Waals surface area contributed by atoms with Gasteiger partial charge in [0.15, 0.2) is 5.17 Å². The van der Waals surface area contributed by atoms with Crippen LogP contribution in [0.1, 0.15) is 10.8 Å². The number of aliphatic imine (C=N–C) groups is 1. The van der Waals surface area contributed by atoms with Crippen molar-refractivity contribution in [3.05, 3.63) is 65.7 Å². The van der Waals surface area contributed by atoms with Crippen molar-refractivity contribution in [3.8, 4) is 0 Å². The van der Waals surface area contributed by atoms with Crippen molar-refractivity contribution in [2.75, 3.05) is 11.9 Å². The van der Waals surface area contributed by atoms with Gasteiger partial charge < -0.3 is 5.32 Å². The number of amidine groups is 1. The number of nitrogens with one attached hydrogen (secondary N) is 1. The summed E-state index contributed by atoms with van der Waals surface area (Å²) in [5.41, 5.74) is 1.29. The van der Waals surface area contributed by atoms with Gasteiger partial charge in [-0.1, -0.05) is 42.1 Å². The van der Waals surface area contributed by atoms with E-state index in [9.17, 15) is 8.78 Å². The van der Waals surface area contributed by atoms with Crippen molar-refractivity contribution in [3.63, 3.8) is 0 Å². The Balaban J connectivity index is 1.70. The fraction of sp³-hybridized carbons (Fsp3) is 0.133. The van der Waals surface area contributed by atoms with E-state index in [1.54, 1.807) is 0 Å². The van der Waals surface area contributed by atoms with E-state index in [-0.39, 0.29) is 10.9 Å². The van der Waals surface area contributed by atoms with Gasteiger partial charge in [-0.05, 0) is 17.7 Å². The molecule has 1 heterocycles. The molecule has 0 radical (unpaired) electrons. The van der Waals surface area contributed by atoms with Gasteiger partial charge in [-0.25, -0.2) is 8.78 Å². The lowest BCUT2D eigenvalue weighted by Gasteiger charge is -2.10. The van der Waals surface area contributed by atoms with Gasteiger partial charge in [-0.2, -0.15) is 0 Å². The van der Waals surface area contributed by atoms with E-state index < -0.39 is 11.6 Å². The molecule has 0 saturated carbocycles. The smallest absolute Gasteiger partial charge is 0.161 e. The van der Waals surface area contributed by atoms with E-state index in [0.29, 0.717) is 11.7 Å². The van der Waals surface area contributed by atoms with Crippen LogP contribution in [0.3, 0.4) is 0 Å². The van der Waals surface area contributed by atoms with E-state index >= 15 is 0 Å². The zero-order valence-corrected chi connectivity index (χ0v) is 11.3. The van der Waals surface area contributed by atoms with Gasteiger partial charge in [-0.3, -0.25) is 4.99 Å². The van der Waals surface area contributed by atoms with E-state index in [2.05, 4.69) is 10.3 Å². The number of anilines is 1. The number of nitrogens with zero attached hydrogens (tertiary/aromatic N) is 1. The first-order chi connectivity index (χ1) is 9.72. The van der Waals surface area contributed by atoms with Crippen LogP contribution in [-0.2, 0) is 0 Å². The van der Waals surface area contributed by atoms with Gasteiger partial charge in [0.05, 0.1) is 17.5 Å². The average molecular weight is 290 g/mol. The topological polar surface area (TPSA) is 24.4 Å². The van der Waals surface area contributed by atoms with Crippen LogP contribution in [0.25, 0.3) is 0 Å². The van der Waals surface area contributed by atoms with Gasteiger partial charge >= 0.3 is 0 Å². The highest BCUT2D eigenvalue weighted by Crippen LogP contribution is 2.35. The summed E-state index contributed by atoms with van der Waals surface area (Å²) in [6.07, 6.45) is 0. The molecule has 1 atom stereocenters. The summed E-state index contributed by atoms with van der Waals surface area (Å²) < 4.78 is 26.7. The molecule has 0 amide bonds. The minimum absolute atomic E-state index is 0.116. The Hall–Kier alpha value is -1.88. The molecule has 0 saturated heterocycles. The maximum absolute atomic E-state index is 13.5. The van der Waals surface area contributed by atoms with Crippen molar-refractivity contribution >= 4 is 22.6 Å². The van der Waals surface area contributed by atoms with Crippen LogP contribution >= 0.6 is 11.8 Å². The molecule has 0 aliphatic carbocycles. The van der Waals surface area contributed by atoms with Crippen molar-refractivity contribution < 1.29 is 8.78 Å². The Kier molecular flexibility index (Phi) is 3.69. The molecule has 1 aliphatic heterocycles. The number of hydrogen-bond acceptors (Lipinski definition) is 3. The van der Waals surface area contributed by atoms with Crippen molar-refractivity contribution in [2.45, 2.75) is 5.25 Å². The lowest BCUT2D eigenvalue weighted by molar-refractivity contribution is 0.604. The molecule has 0 bridgehead atoms. The molecule has 1 N–H and O–H groups in total. The SMILES string of the molecule is Fc1ccc(F)c(NC2=NCC(c3ccccc3)S2)c1. The third-order valence-electron chi connectivity index (χ3n) is 3.00. The van der Waals surface area contributed by atoms with Gasteiger partial charge in [0.25, 0.3) is 0 Å². The number of rotatable bonds is 2. The first-order valence-corrected chi connectivity index (χ1v) is 7.08. The first kappa shape index (κ1) is 13.1. The third-order valence-corrected chi connectivity index (χ3v) is 4.16. The lowest BCUT2D eigenvalue weighted by Crippen LogP contribution is -2.07. The molecule has 3 rings (SSSR count). The maximum Gasteiger partial charge on any atom is 0.161 e. The summed E-state index contributed by atoms with van der Waals surface area (Å²) in [5.74, 6) is -0.963. The summed E-state index contributed by atoms with van der Waals surface area (Å²) in [5, 5.41) is 3.68. The van der Waals surface area contributed by atoms with Crippen molar-refractivity contribution in [1.82, 2.24) is 0 Å². The number of hydrogen-bond donors (Lipinski definition) is 1. The van der Waals surface area contributed by atoms with Gasteiger partial charge in [-0.15, -0.1) is 0 Å². The van der Waals surface area contributed by atoms with Crippen molar-refractivity contribution in [1.29, 1.82) is 0 Å². The number of thioether (sulfide) groups is 1. The molecule has 2 aromatic rings. The Morgan fingerprint density at radius 2 is 1.90 bits per heavy atom. The maximum atomic E-state index is 13.5. The monoisotopic (exact) mass is 290 g/mol. The minimum Gasteiger partial charge on any atom is -0.332 e. The largest absolute Gasteiger partial charge is 0.332 e. The molecule has 0 fully saturated rings. The van der Waals surface area contributed by atoms with Gasteiger partial charge in [0, 0.05) is 6.07 Å². The highest BCUT2D eigenvalue weighted by Gasteiger charge is 2.21. The molecule has 1 aliphatic rings. The highest BCUT2D eigenvalue weighted by atomic mass is 32.2. The minimum atomic E-state index is -0.488. The van der Waals surface area contributed by atoms with Crippen molar-refractivity contribution in [2.24, 2.45) is 4.99 Å². The van der Waals surface area contributed by atoms with Crippen LogP contribution in [0, 0.1) is 11.6 Å². The Bertz CT molecular complexity index is 644. The van der Waals surface area contributed by atoms with Gasteiger partial charge in [0.1, 0.15) is 11.6 Å². The lowest BCUT2D eigenvalue weighted by atomic mass is 10.1. The zero-order chi connectivity index (χ0) is 13.9. The predicted octanol–water partition coefficient (Wildman–Crippen LogP) is 4.22. The third kappa shape index (κ3) is 2.82. The second-order valence-electron chi connectivity index (χ2n) is 4.41. The molecular weight excluding hydrogens is 278 g/mol. The summed E-state index contributed by atoms with van der Waals surface area (Å²) in [7, 11) is 0. The molecule has 102 valence electrons. The van der Waals surface area contributed by atoms with Crippen LogP contribution in [0.15, 0.2) is 53.5 Å². The van der Waals surface area contributed by atoms with Crippen LogP contribution in [0.2, 0.25) is 0 Å². The molecule has 20 heavy (non-hydrogen) atoms. The molecule has 0 spiro atoms. The summed E-state index contributed by atoms with van der Waals surface area (Å²) in [6.45, 7) is 0.633. The molecule has 0 aromatic heterocycles. The molecule has 2 nitrogen and oxygen atoms in total. The van der Waals surface area contributed by atoms with E-state index in [4.69, 9.17) is 0 Å². The summed E-state index contributed by atoms with van der Waals surface area (Å²) >= 11 is 1.52. The molecule has 1 unspecified atom stereocenters. The highest BCUT2D eigenvalue weighted by molar-refractivity contribution is 8.14. The predicted molar refractivity (Wildman–Crippen MR) is 79.1 cm³/mol. The standard InChI is InChI=1S/C15H12F2N2S/c16-11-6-7-12(17)13(8-11)19-15-18-9-14(20-15)10-4-2-1-3-5-10/h1-8,14H,9H2,(H,18,19). The van der Waals surface area contributed by atoms with Gasteiger partial charge in [0.2, 0.25) is 0 Å². The van der Waals surface area contributed by atoms with E-state index in [0.717, 1.165) is 18.2 Å². The Morgan fingerprint density at radius 1 is 1.10 bits per heavy atom. The summed E-state index contributed by atoms with van der Waals surface area (Å²) in [6, 6.07) is 13.3. The quantitative estimate of drug-likeness (QED) is 0.895. The van der Waals surface area contributed by atoms with E-state index in [1.807, 2.05) is 30.3 Å². The van der Waals surface area contributed by atoms with Crippen LogP contribution < -0.4 is 5.32 Å². The fourth-order valence-electron chi connectivity index (χ4n) is 1.99. The second kappa shape index (κ2) is 5.63. The van der Waals surface area contributed by atoms with Crippen LogP contribution in [0.5, 0.6) is 0 Å². The average Bonchev–Trinajstić information content (AvgIpc) is 2.92. The fourth-order valence-corrected chi connectivity index (χ4v) is 3.02. The number of benzene rings is 2. The van der Waals surface area contributed by atoms with Crippen LogP contribution in [0.4, 0.5) is 14.5 Å². The second-order valence-corrected chi connectivity index (χ2v) is 5.60.